The summed E-state index contributed by atoms with van der Waals surface area (Å²) in [5, 5.41) is 3.58. The van der Waals surface area contributed by atoms with Gasteiger partial charge in [-0.3, -0.25) is 0 Å². The van der Waals surface area contributed by atoms with Crippen LogP contribution in [-0.2, 0) is 6.42 Å². The van der Waals surface area contributed by atoms with Crippen molar-refractivity contribution in [3.8, 4) is 0 Å². The van der Waals surface area contributed by atoms with Crippen LogP contribution < -0.4 is 5.32 Å². The van der Waals surface area contributed by atoms with Gasteiger partial charge in [0, 0.05) is 17.5 Å². The van der Waals surface area contributed by atoms with Crippen LogP contribution in [0.15, 0.2) is 36.9 Å². The predicted octanol–water partition coefficient (Wildman–Crippen LogP) is 4.12. The van der Waals surface area contributed by atoms with Crippen LogP contribution >= 0.6 is 0 Å². The van der Waals surface area contributed by atoms with Crippen LogP contribution in [0.2, 0.25) is 0 Å². The number of rotatable bonds is 5. The Morgan fingerprint density at radius 2 is 1.89 bits per heavy atom. The Balaban J connectivity index is 2.73. The lowest BCUT2D eigenvalue weighted by Crippen LogP contribution is -2.43. The van der Waals surface area contributed by atoms with Gasteiger partial charge in [-0.05, 0) is 39.7 Å². The van der Waals surface area contributed by atoms with E-state index in [1.54, 1.807) is 0 Å². The van der Waals surface area contributed by atoms with Crippen molar-refractivity contribution in [3.63, 3.8) is 0 Å². The fraction of sp³-hybridized carbons (Fsp3) is 0.529. The molecule has 0 aliphatic rings. The van der Waals surface area contributed by atoms with Crippen LogP contribution in [0.1, 0.15) is 38.8 Å². The maximum atomic E-state index is 4.01. The maximum Gasteiger partial charge on any atom is 0.00968 e. The van der Waals surface area contributed by atoms with Gasteiger partial charge in [0.15, 0.2) is 0 Å². The topological polar surface area (TPSA) is 12.0 Å². The smallest absolute Gasteiger partial charge is 0.00968 e. The SMILES string of the molecule is C=CC(C)(CNC(C)(C)C)Cc1cccc(C)c1. The van der Waals surface area contributed by atoms with Crippen LogP contribution in [0.25, 0.3) is 0 Å². The molecule has 1 N–H and O–H groups in total. The number of hydrogen-bond donors (Lipinski definition) is 1. The standard InChI is InChI=1S/C17H27N/c1-7-17(6,13-18-16(3,4)5)12-15-10-8-9-14(2)11-15/h7-11,18H,1,12-13H2,2-6H3. The fourth-order valence-electron chi connectivity index (χ4n) is 1.96. The molecule has 100 valence electrons. The first-order valence-electron chi connectivity index (χ1n) is 6.68. The minimum atomic E-state index is 0.0983. The Hall–Kier alpha value is -1.08. The Morgan fingerprint density at radius 3 is 2.39 bits per heavy atom. The minimum Gasteiger partial charge on any atom is -0.311 e. The number of nitrogens with one attached hydrogen (secondary N) is 1. The molecule has 0 aromatic heterocycles. The molecular formula is C17H27N. The Bertz CT molecular complexity index is 400. The summed E-state index contributed by atoms with van der Waals surface area (Å²) >= 11 is 0. The van der Waals surface area contributed by atoms with Gasteiger partial charge in [-0.1, -0.05) is 42.8 Å². The zero-order valence-electron chi connectivity index (χ0n) is 12.5. The molecule has 0 saturated heterocycles. The largest absolute Gasteiger partial charge is 0.311 e. The molecule has 1 aromatic carbocycles. The van der Waals surface area contributed by atoms with Crippen molar-refractivity contribution in [2.45, 2.75) is 46.6 Å². The summed E-state index contributed by atoms with van der Waals surface area (Å²) in [6.45, 7) is 16.0. The summed E-state index contributed by atoms with van der Waals surface area (Å²) in [6.07, 6.45) is 3.11. The molecule has 1 atom stereocenters. The molecule has 0 aliphatic carbocycles. The molecule has 0 heterocycles. The van der Waals surface area contributed by atoms with Crippen LogP contribution in [0.5, 0.6) is 0 Å². The lowest BCUT2D eigenvalue weighted by atomic mass is 9.82. The van der Waals surface area contributed by atoms with E-state index in [2.05, 4.69) is 76.9 Å². The van der Waals surface area contributed by atoms with Crippen LogP contribution in [0.4, 0.5) is 0 Å². The van der Waals surface area contributed by atoms with Gasteiger partial charge in [0.05, 0.1) is 0 Å². The van der Waals surface area contributed by atoms with Gasteiger partial charge in [0.1, 0.15) is 0 Å². The third-order valence-corrected chi connectivity index (χ3v) is 3.21. The lowest BCUT2D eigenvalue weighted by Gasteiger charge is -2.31. The number of aryl methyl sites for hydroxylation is 1. The molecule has 1 aromatic rings. The lowest BCUT2D eigenvalue weighted by molar-refractivity contribution is 0.322. The quantitative estimate of drug-likeness (QED) is 0.770. The van der Waals surface area contributed by atoms with Gasteiger partial charge < -0.3 is 5.32 Å². The molecule has 1 nitrogen and oxygen atoms in total. The van der Waals surface area contributed by atoms with Crippen molar-refractivity contribution in [2.24, 2.45) is 5.41 Å². The molecule has 0 aliphatic heterocycles. The van der Waals surface area contributed by atoms with E-state index in [0.717, 1.165) is 13.0 Å². The van der Waals surface area contributed by atoms with Crippen molar-refractivity contribution in [1.82, 2.24) is 5.32 Å². The molecular weight excluding hydrogens is 218 g/mol. The highest BCUT2D eigenvalue weighted by molar-refractivity contribution is 5.24. The van der Waals surface area contributed by atoms with E-state index in [0.29, 0.717) is 0 Å². The van der Waals surface area contributed by atoms with Crippen LogP contribution in [-0.4, -0.2) is 12.1 Å². The summed E-state index contributed by atoms with van der Waals surface area (Å²) in [5.74, 6) is 0. The molecule has 0 amide bonds. The summed E-state index contributed by atoms with van der Waals surface area (Å²) in [4.78, 5) is 0. The van der Waals surface area contributed by atoms with E-state index in [9.17, 15) is 0 Å². The van der Waals surface area contributed by atoms with E-state index in [4.69, 9.17) is 0 Å². The molecule has 0 radical (unpaired) electrons. The highest BCUT2D eigenvalue weighted by Crippen LogP contribution is 2.24. The first-order chi connectivity index (χ1) is 8.24. The van der Waals surface area contributed by atoms with E-state index in [1.807, 2.05) is 0 Å². The van der Waals surface area contributed by atoms with Gasteiger partial charge in [-0.2, -0.15) is 0 Å². The molecule has 1 heteroatoms. The molecule has 18 heavy (non-hydrogen) atoms. The molecule has 1 unspecified atom stereocenters. The summed E-state index contributed by atoms with van der Waals surface area (Å²) in [7, 11) is 0. The van der Waals surface area contributed by atoms with Gasteiger partial charge in [-0.15, -0.1) is 6.58 Å². The second-order valence-electron chi connectivity index (χ2n) is 6.63. The second kappa shape index (κ2) is 5.71. The zero-order chi connectivity index (χ0) is 13.8. The van der Waals surface area contributed by atoms with Gasteiger partial charge in [0.2, 0.25) is 0 Å². The van der Waals surface area contributed by atoms with Crippen LogP contribution in [0.3, 0.4) is 0 Å². The summed E-state index contributed by atoms with van der Waals surface area (Å²) in [5.41, 5.74) is 2.95. The van der Waals surface area contributed by atoms with Crippen LogP contribution in [0, 0.1) is 12.3 Å². The van der Waals surface area contributed by atoms with Gasteiger partial charge in [0.25, 0.3) is 0 Å². The van der Waals surface area contributed by atoms with Crippen molar-refractivity contribution in [3.05, 3.63) is 48.0 Å². The van der Waals surface area contributed by atoms with Crippen molar-refractivity contribution in [1.29, 1.82) is 0 Å². The first-order valence-corrected chi connectivity index (χ1v) is 6.68. The van der Waals surface area contributed by atoms with E-state index < -0.39 is 0 Å². The highest BCUT2D eigenvalue weighted by Gasteiger charge is 2.23. The Kier molecular flexibility index (Phi) is 4.75. The third-order valence-electron chi connectivity index (χ3n) is 3.21. The fourth-order valence-corrected chi connectivity index (χ4v) is 1.96. The van der Waals surface area contributed by atoms with Crippen molar-refractivity contribution < 1.29 is 0 Å². The molecule has 0 fully saturated rings. The van der Waals surface area contributed by atoms with E-state index in [1.165, 1.54) is 11.1 Å². The molecule has 0 spiro atoms. The summed E-state index contributed by atoms with van der Waals surface area (Å²) in [6, 6.07) is 8.73. The van der Waals surface area contributed by atoms with E-state index >= 15 is 0 Å². The van der Waals surface area contributed by atoms with E-state index in [-0.39, 0.29) is 11.0 Å². The third kappa shape index (κ3) is 5.05. The second-order valence-corrected chi connectivity index (χ2v) is 6.63. The first kappa shape index (κ1) is 15.0. The Labute approximate surface area is 112 Å². The predicted molar refractivity (Wildman–Crippen MR) is 80.9 cm³/mol. The molecule has 0 bridgehead atoms. The molecule has 0 saturated carbocycles. The normalized spacial score (nSPS) is 15.2. The maximum absolute atomic E-state index is 4.01. The van der Waals surface area contributed by atoms with Gasteiger partial charge >= 0.3 is 0 Å². The average Bonchev–Trinajstić information content (AvgIpc) is 2.26. The van der Waals surface area contributed by atoms with Gasteiger partial charge in [-0.25, -0.2) is 0 Å². The van der Waals surface area contributed by atoms with Crippen molar-refractivity contribution in [2.75, 3.05) is 6.54 Å². The Morgan fingerprint density at radius 1 is 1.22 bits per heavy atom. The minimum absolute atomic E-state index is 0.0983. The number of benzene rings is 1. The van der Waals surface area contributed by atoms with Crippen molar-refractivity contribution >= 4 is 0 Å². The average molecular weight is 245 g/mol. The molecule has 1 rings (SSSR count). The number of hydrogen-bond acceptors (Lipinski definition) is 1. The highest BCUT2D eigenvalue weighted by atomic mass is 15.0. The summed E-state index contributed by atoms with van der Waals surface area (Å²) < 4.78 is 0. The zero-order valence-corrected chi connectivity index (χ0v) is 12.5. The monoisotopic (exact) mass is 245 g/mol.